The summed E-state index contributed by atoms with van der Waals surface area (Å²) in [6.07, 6.45) is 1.11. The molecule has 0 saturated carbocycles. The van der Waals surface area contributed by atoms with Crippen LogP contribution >= 0.6 is 12.0 Å². The second kappa shape index (κ2) is 1.63. The third kappa shape index (κ3) is 0.808. The Morgan fingerprint density at radius 1 is 1.86 bits per heavy atom. The lowest BCUT2D eigenvalue weighted by atomic mass is 10.6. The van der Waals surface area contributed by atoms with Gasteiger partial charge in [-0.05, 0) is 0 Å². The van der Waals surface area contributed by atoms with Crippen molar-refractivity contribution >= 4 is 12.0 Å². The number of hydrogen-bond donors (Lipinski definition) is 2. The Balaban J connectivity index is 2.54. The van der Waals surface area contributed by atoms with E-state index in [1.165, 1.54) is 0 Å². The molecular weight excluding hydrogens is 116 g/mol. The third-order valence-corrected chi connectivity index (χ3v) is 1.20. The normalized spacial score (nSPS) is 29.3. The van der Waals surface area contributed by atoms with Crippen molar-refractivity contribution < 1.29 is 14.4 Å². The lowest BCUT2D eigenvalue weighted by Gasteiger charge is -1.92. The van der Waals surface area contributed by atoms with E-state index >= 15 is 0 Å². The van der Waals surface area contributed by atoms with Gasteiger partial charge in [-0.15, -0.1) is 0 Å². The van der Waals surface area contributed by atoms with E-state index in [0.29, 0.717) is 0 Å². The highest BCUT2D eigenvalue weighted by molar-refractivity contribution is 7.95. The van der Waals surface area contributed by atoms with Gasteiger partial charge in [0, 0.05) is 0 Å². The van der Waals surface area contributed by atoms with Crippen LogP contribution in [0.3, 0.4) is 0 Å². The van der Waals surface area contributed by atoms with E-state index in [1.807, 2.05) is 0 Å². The Hall–Kier alpha value is -0.350. The Bertz CT molecular complexity index is 100. The molecule has 0 aromatic carbocycles. The van der Waals surface area contributed by atoms with Crippen LogP contribution in [0.15, 0.2) is 12.0 Å². The first-order valence-electron chi connectivity index (χ1n) is 1.70. The predicted octanol–water partition coefficient (Wildman–Crippen LogP) is 0.383. The molecule has 0 spiro atoms. The monoisotopic (exact) mass is 120 g/mol. The SMILES string of the molecule is OC1=COSC1O. The molecule has 1 rings (SSSR count). The minimum Gasteiger partial charge on any atom is -0.506 e. The maximum absolute atomic E-state index is 8.52. The van der Waals surface area contributed by atoms with Crippen molar-refractivity contribution in [1.29, 1.82) is 0 Å². The molecule has 2 N–H and O–H groups in total. The zero-order chi connectivity index (χ0) is 5.28. The molecular formula is C3H4O3S. The van der Waals surface area contributed by atoms with Gasteiger partial charge in [-0.3, -0.25) is 0 Å². The molecule has 4 heteroatoms. The van der Waals surface area contributed by atoms with Gasteiger partial charge in [-0.2, -0.15) is 0 Å². The second-order valence-corrected chi connectivity index (χ2v) is 1.92. The van der Waals surface area contributed by atoms with Gasteiger partial charge in [0.05, 0.1) is 12.0 Å². The van der Waals surface area contributed by atoms with Crippen molar-refractivity contribution in [2.45, 2.75) is 5.44 Å². The summed E-state index contributed by atoms with van der Waals surface area (Å²) >= 11 is 0.818. The Labute approximate surface area is 44.8 Å². The third-order valence-electron chi connectivity index (χ3n) is 0.569. The first-order chi connectivity index (χ1) is 3.30. The minimum absolute atomic E-state index is 0.120. The molecule has 0 radical (unpaired) electrons. The van der Waals surface area contributed by atoms with E-state index in [2.05, 4.69) is 4.18 Å². The molecule has 1 aliphatic rings. The molecule has 40 valence electrons. The van der Waals surface area contributed by atoms with Crippen molar-refractivity contribution in [2.75, 3.05) is 0 Å². The molecule has 1 atom stereocenters. The summed E-state index contributed by atoms with van der Waals surface area (Å²) in [6, 6.07) is 0. The summed E-state index contributed by atoms with van der Waals surface area (Å²) in [7, 11) is 0. The fourth-order valence-corrected chi connectivity index (χ4v) is 0.651. The summed E-state index contributed by atoms with van der Waals surface area (Å²) in [5.41, 5.74) is -0.875. The molecule has 0 aromatic heterocycles. The van der Waals surface area contributed by atoms with Gasteiger partial charge >= 0.3 is 0 Å². The van der Waals surface area contributed by atoms with Crippen LogP contribution in [0.25, 0.3) is 0 Å². The van der Waals surface area contributed by atoms with Crippen LogP contribution in [-0.2, 0) is 4.18 Å². The standard InChI is InChI=1S/C3H4O3S/c4-2-1-6-7-3(2)5/h1,3-5H. The van der Waals surface area contributed by atoms with Gasteiger partial charge in [-0.25, -0.2) is 0 Å². The fourth-order valence-electron chi connectivity index (χ4n) is 0.237. The zero-order valence-electron chi connectivity index (χ0n) is 3.37. The molecule has 3 nitrogen and oxygen atoms in total. The van der Waals surface area contributed by atoms with Gasteiger partial charge in [0.2, 0.25) is 0 Å². The fraction of sp³-hybridized carbons (Fsp3) is 0.333. The number of aliphatic hydroxyl groups is 2. The zero-order valence-corrected chi connectivity index (χ0v) is 4.18. The first kappa shape index (κ1) is 4.80. The molecule has 0 aromatic rings. The molecule has 0 amide bonds. The molecule has 1 aliphatic heterocycles. The van der Waals surface area contributed by atoms with Crippen LogP contribution < -0.4 is 0 Å². The maximum Gasteiger partial charge on any atom is 0.197 e. The first-order valence-corrected chi connectivity index (χ1v) is 2.50. The smallest absolute Gasteiger partial charge is 0.197 e. The van der Waals surface area contributed by atoms with Crippen molar-refractivity contribution in [1.82, 2.24) is 0 Å². The summed E-state index contributed by atoms with van der Waals surface area (Å²) in [4.78, 5) is 0. The van der Waals surface area contributed by atoms with E-state index in [4.69, 9.17) is 10.2 Å². The molecule has 7 heavy (non-hydrogen) atoms. The Morgan fingerprint density at radius 2 is 2.57 bits per heavy atom. The van der Waals surface area contributed by atoms with E-state index in [-0.39, 0.29) is 5.76 Å². The molecule has 1 heterocycles. The van der Waals surface area contributed by atoms with E-state index in [0.717, 1.165) is 18.3 Å². The van der Waals surface area contributed by atoms with Gasteiger partial charge < -0.3 is 14.4 Å². The number of rotatable bonds is 0. The summed E-state index contributed by atoms with van der Waals surface area (Å²) in [5, 5.41) is 17.0. The predicted molar refractivity (Wildman–Crippen MR) is 25.4 cm³/mol. The topological polar surface area (TPSA) is 49.7 Å². The maximum atomic E-state index is 8.52. The van der Waals surface area contributed by atoms with Crippen molar-refractivity contribution in [3.63, 3.8) is 0 Å². The van der Waals surface area contributed by atoms with Gasteiger partial charge in [-0.1, -0.05) is 0 Å². The molecule has 0 saturated heterocycles. The van der Waals surface area contributed by atoms with Crippen molar-refractivity contribution in [2.24, 2.45) is 0 Å². The highest BCUT2D eigenvalue weighted by atomic mass is 32.2. The second-order valence-electron chi connectivity index (χ2n) is 1.09. The van der Waals surface area contributed by atoms with Crippen molar-refractivity contribution in [3.05, 3.63) is 12.0 Å². The van der Waals surface area contributed by atoms with E-state index in [9.17, 15) is 0 Å². The largest absolute Gasteiger partial charge is 0.506 e. The average Bonchev–Trinajstić information content (AvgIpc) is 1.91. The molecule has 0 aliphatic carbocycles. The van der Waals surface area contributed by atoms with Gasteiger partial charge in [0.15, 0.2) is 11.2 Å². The van der Waals surface area contributed by atoms with Crippen molar-refractivity contribution in [3.8, 4) is 0 Å². The Morgan fingerprint density at radius 3 is 2.71 bits per heavy atom. The lowest BCUT2D eigenvalue weighted by Crippen LogP contribution is -1.97. The minimum atomic E-state index is -0.875. The summed E-state index contributed by atoms with van der Waals surface area (Å²) in [6.45, 7) is 0. The van der Waals surface area contributed by atoms with E-state index in [1.54, 1.807) is 0 Å². The van der Waals surface area contributed by atoms with Gasteiger partial charge in [0.25, 0.3) is 0 Å². The number of hydrogen-bond acceptors (Lipinski definition) is 4. The molecule has 0 bridgehead atoms. The Kier molecular flexibility index (Phi) is 1.12. The summed E-state index contributed by atoms with van der Waals surface area (Å²) < 4.78 is 4.42. The van der Waals surface area contributed by atoms with E-state index < -0.39 is 5.44 Å². The van der Waals surface area contributed by atoms with Crippen LogP contribution in [0.1, 0.15) is 0 Å². The molecule has 1 unspecified atom stereocenters. The van der Waals surface area contributed by atoms with Crippen LogP contribution in [-0.4, -0.2) is 15.6 Å². The summed E-state index contributed by atoms with van der Waals surface area (Å²) in [5.74, 6) is -0.120. The highest BCUT2D eigenvalue weighted by Gasteiger charge is 2.17. The van der Waals surface area contributed by atoms with Crippen LogP contribution in [0.2, 0.25) is 0 Å². The van der Waals surface area contributed by atoms with Gasteiger partial charge in [0.1, 0.15) is 6.26 Å². The number of aliphatic hydroxyl groups excluding tert-OH is 2. The van der Waals surface area contributed by atoms with Crippen LogP contribution in [0.5, 0.6) is 0 Å². The van der Waals surface area contributed by atoms with Crippen LogP contribution in [0, 0.1) is 0 Å². The highest BCUT2D eigenvalue weighted by Crippen LogP contribution is 2.23. The quantitative estimate of drug-likeness (QED) is 0.454. The lowest BCUT2D eigenvalue weighted by molar-refractivity contribution is 0.228. The average molecular weight is 120 g/mol. The molecule has 0 fully saturated rings. The van der Waals surface area contributed by atoms with Crippen LogP contribution in [0.4, 0.5) is 0 Å².